The van der Waals surface area contributed by atoms with Gasteiger partial charge in [0, 0.05) is 12.5 Å². The van der Waals surface area contributed by atoms with Gasteiger partial charge in [-0.05, 0) is 37.0 Å². The van der Waals surface area contributed by atoms with Gasteiger partial charge in [0.1, 0.15) is 11.9 Å². The van der Waals surface area contributed by atoms with Gasteiger partial charge >= 0.3 is 12.6 Å². The Bertz CT molecular complexity index is 669. The fourth-order valence-corrected chi connectivity index (χ4v) is 3.63. The van der Waals surface area contributed by atoms with Gasteiger partial charge in [-0.2, -0.15) is 8.78 Å². The van der Waals surface area contributed by atoms with Crippen molar-refractivity contribution in [2.75, 3.05) is 19.7 Å². The molecule has 1 aliphatic heterocycles. The molecule has 26 heavy (non-hydrogen) atoms. The van der Waals surface area contributed by atoms with E-state index in [-0.39, 0.29) is 17.6 Å². The van der Waals surface area contributed by atoms with E-state index in [1.165, 1.54) is 12.1 Å². The van der Waals surface area contributed by atoms with Crippen LogP contribution in [0.2, 0.25) is 0 Å². The van der Waals surface area contributed by atoms with Crippen LogP contribution in [0, 0.1) is 11.8 Å². The Morgan fingerprint density at radius 3 is 2.73 bits per heavy atom. The molecule has 2 fully saturated rings. The lowest BCUT2D eigenvalue weighted by Gasteiger charge is -2.34. The van der Waals surface area contributed by atoms with Crippen LogP contribution in [0.1, 0.15) is 30.9 Å². The van der Waals surface area contributed by atoms with Crippen LogP contribution in [0.25, 0.3) is 0 Å². The molecule has 1 unspecified atom stereocenters. The summed E-state index contributed by atoms with van der Waals surface area (Å²) >= 11 is 0. The van der Waals surface area contributed by atoms with Gasteiger partial charge in [0.05, 0.1) is 19.1 Å². The minimum absolute atomic E-state index is 0.0460. The Morgan fingerprint density at radius 1 is 1.27 bits per heavy atom. The molecule has 1 saturated carbocycles. The number of aliphatic carboxylic acids is 1. The number of benzene rings is 1. The van der Waals surface area contributed by atoms with E-state index in [1.54, 1.807) is 17.0 Å². The van der Waals surface area contributed by atoms with Gasteiger partial charge in [-0.15, -0.1) is 0 Å². The summed E-state index contributed by atoms with van der Waals surface area (Å²) in [4.78, 5) is 25.5. The maximum Gasteiger partial charge on any atom is 0.387 e. The van der Waals surface area contributed by atoms with E-state index in [4.69, 9.17) is 9.84 Å². The zero-order valence-corrected chi connectivity index (χ0v) is 14.1. The van der Waals surface area contributed by atoms with Crippen LogP contribution in [0.4, 0.5) is 8.78 Å². The maximum atomic E-state index is 12.7. The van der Waals surface area contributed by atoms with E-state index in [2.05, 4.69) is 4.74 Å². The second kappa shape index (κ2) is 7.99. The van der Waals surface area contributed by atoms with Crippen molar-refractivity contribution < 1.29 is 33.0 Å². The number of halogens is 2. The van der Waals surface area contributed by atoms with Gasteiger partial charge < -0.3 is 19.5 Å². The quantitative estimate of drug-likeness (QED) is 0.864. The van der Waals surface area contributed by atoms with E-state index in [0.717, 1.165) is 0 Å². The minimum atomic E-state index is -2.90. The van der Waals surface area contributed by atoms with Crippen molar-refractivity contribution in [3.05, 3.63) is 29.8 Å². The van der Waals surface area contributed by atoms with Crippen LogP contribution in [0.5, 0.6) is 5.75 Å². The smallest absolute Gasteiger partial charge is 0.387 e. The van der Waals surface area contributed by atoms with Crippen molar-refractivity contribution >= 4 is 11.9 Å². The number of carbonyl (C=O) groups is 2. The first-order valence-electron chi connectivity index (χ1n) is 8.62. The van der Waals surface area contributed by atoms with Crippen LogP contribution >= 0.6 is 0 Å². The Labute approximate surface area is 149 Å². The lowest BCUT2D eigenvalue weighted by atomic mass is 10.0. The number of carboxylic acids is 1. The number of rotatable bonds is 5. The number of hydrogen-bond donors (Lipinski definition) is 1. The van der Waals surface area contributed by atoms with E-state index >= 15 is 0 Å². The second-order valence-electron chi connectivity index (χ2n) is 6.64. The molecular formula is C18H21F2NO5. The number of hydrogen-bond acceptors (Lipinski definition) is 4. The summed E-state index contributed by atoms with van der Waals surface area (Å²) < 4.78 is 34.9. The zero-order chi connectivity index (χ0) is 18.7. The molecule has 2 aliphatic rings. The molecule has 0 radical (unpaired) electrons. The Balaban J connectivity index is 1.64. The van der Waals surface area contributed by atoms with Gasteiger partial charge in [-0.3, -0.25) is 9.59 Å². The summed E-state index contributed by atoms with van der Waals surface area (Å²) in [7, 11) is 0. The lowest BCUT2D eigenvalue weighted by Crippen LogP contribution is -2.44. The van der Waals surface area contributed by atoms with E-state index in [9.17, 15) is 18.4 Å². The molecule has 0 spiro atoms. The molecule has 3 rings (SSSR count). The summed E-state index contributed by atoms with van der Waals surface area (Å²) in [6.07, 6.45) is 1.04. The van der Waals surface area contributed by atoms with Crippen molar-refractivity contribution in [2.24, 2.45) is 11.8 Å². The number of amides is 1. The summed E-state index contributed by atoms with van der Waals surface area (Å²) in [6.45, 7) is -1.81. The molecule has 1 heterocycles. The standard InChI is InChI=1S/C18H21F2NO5/c19-18(20)26-14-3-1-2-11(9-14)15-10-21(6-7-25-15)16(22)12-4-5-13(8-12)17(23)24/h1-3,9,12-13,15,18H,4-8,10H2,(H,23,24)/t12-,13+,15?/m0/s1. The molecule has 1 amide bonds. The Morgan fingerprint density at radius 2 is 2.04 bits per heavy atom. The van der Waals surface area contributed by atoms with Crippen molar-refractivity contribution in [3.8, 4) is 5.75 Å². The van der Waals surface area contributed by atoms with Gasteiger partial charge in [0.15, 0.2) is 0 Å². The second-order valence-corrected chi connectivity index (χ2v) is 6.64. The largest absolute Gasteiger partial charge is 0.481 e. The number of carbonyl (C=O) groups excluding carboxylic acids is 1. The van der Waals surface area contributed by atoms with Crippen molar-refractivity contribution in [2.45, 2.75) is 32.0 Å². The molecule has 1 aromatic rings. The fraction of sp³-hybridized carbons (Fsp3) is 0.556. The zero-order valence-electron chi connectivity index (χ0n) is 14.1. The summed E-state index contributed by atoms with van der Waals surface area (Å²) in [5, 5.41) is 9.09. The Hall–Kier alpha value is -2.22. The van der Waals surface area contributed by atoms with Crippen LogP contribution < -0.4 is 4.74 Å². The SMILES string of the molecule is O=C(O)[C@@H]1CC[C@H](C(=O)N2CCOC(c3cccc(OC(F)F)c3)C2)C1. The molecule has 3 atom stereocenters. The lowest BCUT2D eigenvalue weighted by molar-refractivity contribution is -0.144. The van der Waals surface area contributed by atoms with Crippen molar-refractivity contribution in [1.29, 1.82) is 0 Å². The number of morpholine rings is 1. The number of alkyl halides is 2. The van der Waals surface area contributed by atoms with Crippen LogP contribution in [-0.2, 0) is 14.3 Å². The molecule has 0 aromatic heterocycles. The molecule has 1 aromatic carbocycles. The predicted molar refractivity (Wildman–Crippen MR) is 86.8 cm³/mol. The van der Waals surface area contributed by atoms with Crippen LogP contribution in [0.3, 0.4) is 0 Å². The monoisotopic (exact) mass is 369 g/mol. The molecular weight excluding hydrogens is 348 g/mol. The normalized spacial score (nSPS) is 26.1. The summed E-state index contributed by atoms with van der Waals surface area (Å²) in [5.74, 6) is -1.59. The highest BCUT2D eigenvalue weighted by molar-refractivity contribution is 5.81. The number of nitrogens with zero attached hydrogens (tertiary/aromatic N) is 1. The van der Waals surface area contributed by atoms with Gasteiger partial charge in [0.2, 0.25) is 5.91 Å². The van der Waals surface area contributed by atoms with E-state index in [1.807, 2.05) is 0 Å². The highest BCUT2D eigenvalue weighted by atomic mass is 19.3. The first-order valence-corrected chi connectivity index (χ1v) is 8.62. The summed E-state index contributed by atoms with van der Waals surface area (Å²) in [5.41, 5.74) is 0.662. The highest BCUT2D eigenvalue weighted by Crippen LogP contribution is 2.34. The molecule has 8 heteroatoms. The van der Waals surface area contributed by atoms with Crippen molar-refractivity contribution in [1.82, 2.24) is 4.90 Å². The number of ether oxygens (including phenoxy) is 2. The molecule has 1 saturated heterocycles. The van der Waals surface area contributed by atoms with Crippen molar-refractivity contribution in [3.63, 3.8) is 0 Å². The number of carboxylic acid groups (broad SMARTS) is 1. The summed E-state index contributed by atoms with van der Waals surface area (Å²) in [6, 6.07) is 6.27. The molecule has 1 N–H and O–H groups in total. The van der Waals surface area contributed by atoms with Gasteiger partial charge in [0.25, 0.3) is 0 Å². The van der Waals surface area contributed by atoms with E-state index in [0.29, 0.717) is 44.5 Å². The molecule has 142 valence electrons. The third-order valence-corrected chi connectivity index (χ3v) is 4.96. The molecule has 6 nitrogen and oxygen atoms in total. The van der Waals surface area contributed by atoms with Crippen LogP contribution in [0.15, 0.2) is 24.3 Å². The van der Waals surface area contributed by atoms with Gasteiger partial charge in [-0.25, -0.2) is 0 Å². The molecule has 1 aliphatic carbocycles. The minimum Gasteiger partial charge on any atom is -0.481 e. The fourth-order valence-electron chi connectivity index (χ4n) is 3.63. The first-order chi connectivity index (χ1) is 12.4. The maximum absolute atomic E-state index is 12.7. The van der Waals surface area contributed by atoms with E-state index < -0.39 is 24.6 Å². The Kier molecular flexibility index (Phi) is 5.70. The first kappa shape index (κ1) is 18.6. The predicted octanol–water partition coefficient (Wildman–Crippen LogP) is 2.69. The molecule has 0 bridgehead atoms. The average Bonchev–Trinajstić information content (AvgIpc) is 3.11. The third kappa shape index (κ3) is 4.30. The highest BCUT2D eigenvalue weighted by Gasteiger charge is 2.37. The average molecular weight is 369 g/mol. The third-order valence-electron chi connectivity index (χ3n) is 4.96. The van der Waals surface area contributed by atoms with Gasteiger partial charge in [-0.1, -0.05) is 12.1 Å². The topological polar surface area (TPSA) is 76.1 Å². The van der Waals surface area contributed by atoms with Crippen LogP contribution in [-0.4, -0.2) is 48.2 Å².